The van der Waals surface area contributed by atoms with E-state index in [4.69, 9.17) is 23.2 Å². The summed E-state index contributed by atoms with van der Waals surface area (Å²) in [6.07, 6.45) is 0. The van der Waals surface area contributed by atoms with E-state index in [2.05, 4.69) is 21.2 Å². The molecule has 0 saturated heterocycles. The summed E-state index contributed by atoms with van der Waals surface area (Å²) >= 11 is 15.2. The fourth-order valence-corrected chi connectivity index (χ4v) is 2.05. The minimum atomic E-state index is -0.474. The van der Waals surface area contributed by atoms with Crippen LogP contribution in [0.2, 0.25) is 5.02 Å². The van der Waals surface area contributed by atoms with Crippen LogP contribution < -0.4 is 5.32 Å². The van der Waals surface area contributed by atoms with Gasteiger partial charge in [0.25, 0.3) is 5.91 Å². The van der Waals surface area contributed by atoms with Gasteiger partial charge in [-0.05, 0) is 54.9 Å². The Hall–Kier alpha value is -0.250. The molecule has 0 aliphatic heterocycles. The molecule has 1 atom stereocenters. The van der Waals surface area contributed by atoms with E-state index in [1.54, 1.807) is 18.2 Å². The van der Waals surface area contributed by atoms with Crippen molar-refractivity contribution < 1.29 is 4.79 Å². The van der Waals surface area contributed by atoms with Crippen LogP contribution >= 0.6 is 39.1 Å². The maximum absolute atomic E-state index is 12.1. The molecular formula is C12H14BrCl2NO. The third-order valence-corrected chi connectivity index (χ3v) is 4.04. The Balaban J connectivity index is 2.91. The lowest BCUT2D eigenvalue weighted by Gasteiger charge is -2.29. The van der Waals surface area contributed by atoms with Crippen molar-refractivity contribution in [3.05, 3.63) is 33.3 Å². The number of carbonyl (C=O) groups excluding carboxylic acids is 1. The van der Waals surface area contributed by atoms with Crippen molar-refractivity contribution in [3.8, 4) is 0 Å². The van der Waals surface area contributed by atoms with Gasteiger partial charge in [-0.25, -0.2) is 0 Å². The number of nitrogens with one attached hydrogen (secondary N) is 1. The number of halogens is 3. The molecule has 0 aliphatic rings. The van der Waals surface area contributed by atoms with Crippen LogP contribution in [0.5, 0.6) is 0 Å². The Morgan fingerprint density at radius 3 is 2.53 bits per heavy atom. The number of carbonyl (C=O) groups is 1. The zero-order valence-electron chi connectivity index (χ0n) is 9.85. The second-order valence-corrected chi connectivity index (χ2v) is 6.36. The lowest BCUT2D eigenvalue weighted by atomic mass is 10.0. The van der Waals surface area contributed by atoms with E-state index in [1.807, 2.05) is 20.8 Å². The van der Waals surface area contributed by atoms with Crippen molar-refractivity contribution in [2.75, 3.05) is 0 Å². The standard InChI is InChI=1S/C12H14BrCl2NO/c1-7(14)12(2,3)16-11(17)9-5-4-8(15)6-10(9)13/h4-7H,1-3H3,(H,16,17). The molecule has 0 aliphatic carbocycles. The fourth-order valence-electron chi connectivity index (χ4n) is 1.13. The highest BCUT2D eigenvalue weighted by Crippen LogP contribution is 2.23. The molecule has 0 spiro atoms. The fraction of sp³-hybridized carbons (Fsp3) is 0.417. The first-order valence-corrected chi connectivity index (χ1v) is 6.76. The molecule has 2 nitrogen and oxygen atoms in total. The van der Waals surface area contributed by atoms with Crippen LogP contribution in [-0.4, -0.2) is 16.8 Å². The van der Waals surface area contributed by atoms with Gasteiger partial charge in [0, 0.05) is 9.50 Å². The van der Waals surface area contributed by atoms with Gasteiger partial charge in [0.2, 0.25) is 0 Å². The Morgan fingerprint density at radius 1 is 1.47 bits per heavy atom. The van der Waals surface area contributed by atoms with Crippen molar-refractivity contribution in [1.82, 2.24) is 5.32 Å². The summed E-state index contributed by atoms with van der Waals surface area (Å²) in [5.74, 6) is -0.175. The Morgan fingerprint density at radius 2 is 2.06 bits per heavy atom. The molecule has 5 heteroatoms. The van der Waals surface area contributed by atoms with Crippen molar-refractivity contribution in [1.29, 1.82) is 0 Å². The van der Waals surface area contributed by atoms with Crippen molar-refractivity contribution in [2.24, 2.45) is 0 Å². The van der Waals surface area contributed by atoms with E-state index >= 15 is 0 Å². The summed E-state index contributed by atoms with van der Waals surface area (Å²) in [6.45, 7) is 5.61. The molecule has 0 radical (unpaired) electrons. The average molecular weight is 339 g/mol. The Kier molecular flexibility index (Phi) is 4.87. The predicted octanol–water partition coefficient (Wildman–Crippen LogP) is 4.24. The normalized spacial score (nSPS) is 13.3. The zero-order valence-corrected chi connectivity index (χ0v) is 12.9. The molecule has 17 heavy (non-hydrogen) atoms. The summed E-state index contributed by atoms with van der Waals surface area (Å²) in [4.78, 5) is 12.1. The van der Waals surface area contributed by atoms with Gasteiger partial charge in [-0.3, -0.25) is 4.79 Å². The van der Waals surface area contributed by atoms with Crippen LogP contribution in [0.15, 0.2) is 22.7 Å². The molecule has 94 valence electrons. The van der Waals surface area contributed by atoms with Crippen molar-refractivity contribution in [3.63, 3.8) is 0 Å². The first-order chi connectivity index (χ1) is 7.74. The quantitative estimate of drug-likeness (QED) is 0.820. The Bertz CT molecular complexity index is 433. The second kappa shape index (κ2) is 5.59. The smallest absolute Gasteiger partial charge is 0.252 e. The maximum atomic E-state index is 12.1. The summed E-state index contributed by atoms with van der Waals surface area (Å²) in [5.41, 5.74) is 0.0670. The van der Waals surface area contributed by atoms with Gasteiger partial charge in [-0.2, -0.15) is 0 Å². The second-order valence-electron chi connectivity index (χ2n) is 4.42. The number of amides is 1. The number of hydrogen-bond donors (Lipinski definition) is 1. The third kappa shape index (κ3) is 3.87. The number of rotatable bonds is 3. The summed E-state index contributed by atoms with van der Waals surface area (Å²) in [7, 11) is 0. The lowest BCUT2D eigenvalue weighted by molar-refractivity contribution is 0.0911. The van der Waals surface area contributed by atoms with Gasteiger partial charge in [0.05, 0.1) is 16.5 Å². The van der Waals surface area contributed by atoms with Gasteiger partial charge in [-0.1, -0.05) is 11.6 Å². The highest BCUT2D eigenvalue weighted by atomic mass is 79.9. The van der Waals surface area contributed by atoms with E-state index < -0.39 is 5.54 Å². The minimum Gasteiger partial charge on any atom is -0.346 e. The molecule has 0 aromatic heterocycles. The summed E-state index contributed by atoms with van der Waals surface area (Å²) < 4.78 is 0.667. The molecule has 1 N–H and O–H groups in total. The highest BCUT2D eigenvalue weighted by Gasteiger charge is 2.27. The monoisotopic (exact) mass is 337 g/mol. The van der Waals surface area contributed by atoms with Gasteiger partial charge < -0.3 is 5.32 Å². The van der Waals surface area contributed by atoms with Gasteiger partial charge >= 0.3 is 0 Å². The molecule has 1 amide bonds. The lowest BCUT2D eigenvalue weighted by Crippen LogP contribution is -2.49. The zero-order chi connectivity index (χ0) is 13.2. The van der Waals surface area contributed by atoms with E-state index in [0.717, 1.165) is 0 Å². The van der Waals surface area contributed by atoms with Crippen LogP contribution in [-0.2, 0) is 0 Å². The van der Waals surface area contributed by atoms with E-state index in [-0.39, 0.29) is 11.3 Å². The molecule has 1 rings (SSSR count). The number of alkyl halides is 1. The molecule has 0 saturated carbocycles. The van der Waals surface area contributed by atoms with E-state index in [9.17, 15) is 4.79 Å². The van der Waals surface area contributed by atoms with Crippen LogP contribution in [0.3, 0.4) is 0 Å². The summed E-state index contributed by atoms with van der Waals surface area (Å²) in [6, 6.07) is 5.04. The number of benzene rings is 1. The third-order valence-electron chi connectivity index (χ3n) is 2.61. The van der Waals surface area contributed by atoms with E-state index in [1.165, 1.54) is 0 Å². The predicted molar refractivity (Wildman–Crippen MR) is 76.0 cm³/mol. The van der Waals surface area contributed by atoms with Gasteiger partial charge in [0.1, 0.15) is 0 Å². The Labute approximate surface area is 120 Å². The molecule has 1 aromatic rings. The molecular weight excluding hydrogens is 325 g/mol. The maximum Gasteiger partial charge on any atom is 0.252 e. The largest absolute Gasteiger partial charge is 0.346 e. The molecule has 1 unspecified atom stereocenters. The van der Waals surface area contributed by atoms with Crippen LogP contribution in [0.1, 0.15) is 31.1 Å². The minimum absolute atomic E-state index is 0.169. The number of hydrogen-bond acceptors (Lipinski definition) is 1. The summed E-state index contributed by atoms with van der Waals surface area (Å²) in [5, 5.41) is 3.30. The van der Waals surface area contributed by atoms with Crippen molar-refractivity contribution in [2.45, 2.75) is 31.7 Å². The molecule has 0 fully saturated rings. The first kappa shape index (κ1) is 14.8. The van der Waals surface area contributed by atoms with Gasteiger partial charge in [0.15, 0.2) is 0 Å². The van der Waals surface area contributed by atoms with Crippen LogP contribution in [0, 0.1) is 0 Å². The van der Waals surface area contributed by atoms with Gasteiger partial charge in [-0.15, -0.1) is 11.6 Å². The topological polar surface area (TPSA) is 29.1 Å². The van der Waals surface area contributed by atoms with Crippen LogP contribution in [0.4, 0.5) is 0 Å². The van der Waals surface area contributed by atoms with E-state index in [0.29, 0.717) is 15.1 Å². The highest BCUT2D eigenvalue weighted by molar-refractivity contribution is 9.10. The van der Waals surface area contributed by atoms with Crippen LogP contribution in [0.25, 0.3) is 0 Å². The molecule has 0 bridgehead atoms. The first-order valence-electron chi connectivity index (χ1n) is 5.15. The van der Waals surface area contributed by atoms with Crippen molar-refractivity contribution >= 4 is 45.0 Å². The average Bonchev–Trinajstić information content (AvgIpc) is 2.15. The molecule has 0 heterocycles. The molecule has 1 aromatic carbocycles. The SMILES string of the molecule is CC(Cl)C(C)(C)NC(=O)c1ccc(Cl)cc1Br.